The van der Waals surface area contributed by atoms with Crippen molar-refractivity contribution in [2.75, 3.05) is 5.73 Å². The SMILES string of the molecule is NCc1c(N)cnc([N+](=O)[O-])c1OC(F)(F)F. The number of ether oxygens (including phenoxy) is 1. The fourth-order valence-corrected chi connectivity index (χ4v) is 1.10. The Morgan fingerprint density at radius 3 is 2.53 bits per heavy atom. The molecule has 0 aromatic carbocycles. The first-order valence-electron chi connectivity index (χ1n) is 4.13. The highest BCUT2D eigenvalue weighted by Crippen LogP contribution is 2.36. The standard InChI is InChI=1S/C7H7F3N4O3/c8-7(9,10)17-5-3(1-11)4(12)2-13-6(5)14(15)16/h2H,1,11-12H2. The summed E-state index contributed by atoms with van der Waals surface area (Å²) in [6.07, 6.45) is -4.24. The number of hydrogen-bond acceptors (Lipinski definition) is 6. The third-order valence-electron chi connectivity index (χ3n) is 1.75. The summed E-state index contributed by atoms with van der Waals surface area (Å²) in [7, 11) is 0. The summed E-state index contributed by atoms with van der Waals surface area (Å²) in [6.45, 7) is -0.444. The molecule has 94 valence electrons. The van der Waals surface area contributed by atoms with Gasteiger partial charge in [0.1, 0.15) is 0 Å². The number of anilines is 1. The first-order valence-corrected chi connectivity index (χ1v) is 4.13. The van der Waals surface area contributed by atoms with Crippen LogP contribution in [0.15, 0.2) is 6.20 Å². The number of halogens is 3. The fourth-order valence-electron chi connectivity index (χ4n) is 1.10. The Hall–Kier alpha value is -2.10. The van der Waals surface area contributed by atoms with Gasteiger partial charge >= 0.3 is 12.2 Å². The number of alkyl halides is 3. The summed E-state index contributed by atoms with van der Waals surface area (Å²) < 4.78 is 39.8. The molecule has 0 aliphatic heterocycles. The number of nitrogens with two attached hydrogens (primary N) is 2. The molecule has 0 bridgehead atoms. The second-order valence-electron chi connectivity index (χ2n) is 2.85. The molecule has 1 aromatic heterocycles. The van der Waals surface area contributed by atoms with E-state index in [4.69, 9.17) is 11.5 Å². The second-order valence-corrected chi connectivity index (χ2v) is 2.85. The molecule has 0 unspecified atom stereocenters. The van der Waals surface area contributed by atoms with Gasteiger partial charge in [-0.2, -0.15) is 0 Å². The highest BCUT2D eigenvalue weighted by Gasteiger charge is 2.37. The van der Waals surface area contributed by atoms with E-state index in [1.807, 2.05) is 0 Å². The molecule has 7 nitrogen and oxygen atoms in total. The zero-order valence-corrected chi connectivity index (χ0v) is 8.19. The van der Waals surface area contributed by atoms with Gasteiger partial charge in [-0.05, 0) is 9.91 Å². The lowest BCUT2D eigenvalue weighted by atomic mass is 10.2. The molecule has 10 heteroatoms. The maximum absolute atomic E-state index is 12.1. The maximum Gasteiger partial charge on any atom is 0.573 e. The van der Waals surface area contributed by atoms with Crippen LogP contribution in [0.3, 0.4) is 0 Å². The number of pyridine rings is 1. The van der Waals surface area contributed by atoms with E-state index in [0.29, 0.717) is 0 Å². The average Bonchev–Trinajstić information content (AvgIpc) is 2.15. The first kappa shape index (κ1) is 13.0. The van der Waals surface area contributed by atoms with E-state index in [2.05, 4.69) is 9.72 Å². The van der Waals surface area contributed by atoms with E-state index in [1.165, 1.54) is 0 Å². The molecule has 0 radical (unpaired) electrons. The van der Waals surface area contributed by atoms with Crippen molar-refractivity contribution in [3.05, 3.63) is 21.9 Å². The molecule has 0 saturated heterocycles. The molecule has 0 amide bonds. The van der Waals surface area contributed by atoms with Crippen LogP contribution in [0.2, 0.25) is 0 Å². The van der Waals surface area contributed by atoms with Crippen molar-refractivity contribution in [2.24, 2.45) is 5.73 Å². The molecule has 17 heavy (non-hydrogen) atoms. The number of nitrogen functional groups attached to an aromatic ring is 1. The molecule has 0 spiro atoms. The van der Waals surface area contributed by atoms with Crippen molar-refractivity contribution in [1.82, 2.24) is 4.98 Å². The van der Waals surface area contributed by atoms with Gasteiger partial charge in [0.2, 0.25) is 5.75 Å². The molecule has 0 atom stereocenters. The predicted octanol–water partition coefficient (Wildman–Crippen LogP) is 0.929. The van der Waals surface area contributed by atoms with Crippen LogP contribution in [-0.2, 0) is 6.54 Å². The van der Waals surface area contributed by atoms with E-state index in [-0.39, 0.29) is 11.3 Å². The lowest BCUT2D eigenvalue weighted by Crippen LogP contribution is -2.20. The van der Waals surface area contributed by atoms with Crippen LogP contribution >= 0.6 is 0 Å². The second kappa shape index (κ2) is 4.41. The number of nitro groups is 1. The fraction of sp³-hybridized carbons (Fsp3) is 0.286. The maximum atomic E-state index is 12.1. The van der Waals surface area contributed by atoms with Crippen molar-refractivity contribution in [2.45, 2.75) is 12.9 Å². The van der Waals surface area contributed by atoms with Gasteiger partial charge in [-0.25, -0.2) is 0 Å². The molecule has 4 N–H and O–H groups in total. The summed E-state index contributed by atoms with van der Waals surface area (Å²) in [5.74, 6) is -2.16. The third-order valence-corrected chi connectivity index (χ3v) is 1.75. The van der Waals surface area contributed by atoms with E-state index in [0.717, 1.165) is 6.20 Å². The zero-order valence-electron chi connectivity index (χ0n) is 8.19. The molecule has 0 saturated carbocycles. The van der Waals surface area contributed by atoms with Crippen LogP contribution < -0.4 is 16.2 Å². The van der Waals surface area contributed by atoms with Crippen LogP contribution in [0.25, 0.3) is 0 Å². The van der Waals surface area contributed by atoms with E-state index in [1.54, 1.807) is 0 Å². The topological polar surface area (TPSA) is 117 Å². The number of rotatable bonds is 3. The Kier molecular flexibility index (Phi) is 3.36. The Balaban J connectivity index is 3.39. The summed E-state index contributed by atoms with van der Waals surface area (Å²) in [6, 6.07) is 0. The number of nitrogens with zero attached hydrogens (tertiary/aromatic N) is 2. The largest absolute Gasteiger partial charge is 0.573 e. The predicted molar refractivity (Wildman–Crippen MR) is 49.9 cm³/mol. The van der Waals surface area contributed by atoms with E-state index >= 15 is 0 Å². The smallest absolute Gasteiger partial charge is 0.396 e. The van der Waals surface area contributed by atoms with Crippen LogP contribution in [0.5, 0.6) is 5.75 Å². The Morgan fingerprint density at radius 1 is 1.53 bits per heavy atom. The molecular formula is C7H7F3N4O3. The van der Waals surface area contributed by atoms with E-state index < -0.39 is 29.4 Å². The third kappa shape index (κ3) is 2.93. The number of aromatic nitrogens is 1. The van der Waals surface area contributed by atoms with Gasteiger partial charge in [-0.1, -0.05) is 0 Å². The lowest BCUT2D eigenvalue weighted by Gasteiger charge is -2.12. The van der Waals surface area contributed by atoms with Crippen molar-refractivity contribution >= 4 is 11.5 Å². The van der Waals surface area contributed by atoms with Gasteiger partial charge in [0.05, 0.1) is 5.69 Å². The minimum Gasteiger partial charge on any atom is -0.396 e. The lowest BCUT2D eigenvalue weighted by molar-refractivity contribution is -0.393. The van der Waals surface area contributed by atoms with Gasteiger partial charge in [0.25, 0.3) is 0 Å². The Morgan fingerprint density at radius 2 is 2.12 bits per heavy atom. The van der Waals surface area contributed by atoms with Crippen molar-refractivity contribution in [3.8, 4) is 5.75 Å². The monoisotopic (exact) mass is 252 g/mol. The van der Waals surface area contributed by atoms with Gasteiger partial charge in [0, 0.05) is 12.1 Å². The van der Waals surface area contributed by atoms with Crippen LogP contribution in [0.1, 0.15) is 5.56 Å². The zero-order chi connectivity index (χ0) is 13.2. The van der Waals surface area contributed by atoms with Gasteiger partial charge in [0.15, 0.2) is 6.20 Å². The van der Waals surface area contributed by atoms with Crippen molar-refractivity contribution < 1.29 is 22.8 Å². The van der Waals surface area contributed by atoms with Crippen LogP contribution in [0, 0.1) is 10.1 Å². The van der Waals surface area contributed by atoms with Gasteiger partial charge < -0.3 is 26.3 Å². The minimum atomic E-state index is -5.09. The highest BCUT2D eigenvalue weighted by atomic mass is 19.4. The average molecular weight is 252 g/mol. The molecule has 0 aliphatic rings. The highest BCUT2D eigenvalue weighted by molar-refractivity contribution is 5.59. The Bertz CT molecular complexity index is 449. The molecular weight excluding hydrogens is 245 g/mol. The summed E-state index contributed by atoms with van der Waals surface area (Å²) in [4.78, 5) is 12.6. The van der Waals surface area contributed by atoms with Gasteiger partial charge in [-0.3, -0.25) is 0 Å². The molecule has 1 aromatic rings. The van der Waals surface area contributed by atoms with Crippen molar-refractivity contribution in [3.63, 3.8) is 0 Å². The first-order chi connectivity index (χ1) is 7.76. The number of hydrogen-bond donors (Lipinski definition) is 2. The minimum absolute atomic E-state index is 0.211. The normalized spacial score (nSPS) is 11.3. The van der Waals surface area contributed by atoms with E-state index in [9.17, 15) is 23.3 Å². The molecule has 1 heterocycles. The van der Waals surface area contributed by atoms with Crippen molar-refractivity contribution in [1.29, 1.82) is 0 Å². The Labute approximate surface area is 92.3 Å². The molecule has 0 fully saturated rings. The quantitative estimate of drug-likeness (QED) is 0.610. The summed E-state index contributed by atoms with van der Waals surface area (Å²) >= 11 is 0. The van der Waals surface area contributed by atoms with Crippen LogP contribution in [-0.4, -0.2) is 16.3 Å². The summed E-state index contributed by atoms with van der Waals surface area (Å²) in [5.41, 5.74) is 9.94. The summed E-state index contributed by atoms with van der Waals surface area (Å²) in [5, 5.41) is 10.5. The molecule has 0 aliphatic carbocycles. The molecule has 1 rings (SSSR count). The van der Waals surface area contributed by atoms with Gasteiger partial charge in [-0.15, -0.1) is 13.2 Å². The van der Waals surface area contributed by atoms with Crippen LogP contribution in [0.4, 0.5) is 24.7 Å².